The van der Waals surface area contributed by atoms with Gasteiger partial charge in [0.2, 0.25) is 0 Å². The highest BCUT2D eigenvalue weighted by Crippen LogP contribution is 1.87. The molecular weight excluding hydrogens is 242 g/mol. The van der Waals surface area contributed by atoms with E-state index >= 15 is 0 Å². The maximum Gasteiger partial charge on any atom is 0.295 e. The third-order valence-electron chi connectivity index (χ3n) is 3.30. The fourth-order valence-corrected chi connectivity index (χ4v) is 2.10. The van der Waals surface area contributed by atoms with Gasteiger partial charge >= 0.3 is 0 Å². The Labute approximate surface area is 113 Å². The van der Waals surface area contributed by atoms with Gasteiger partial charge in [0.1, 0.15) is 26.2 Å². The van der Waals surface area contributed by atoms with Gasteiger partial charge in [-0.1, -0.05) is 6.07 Å². The predicted molar refractivity (Wildman–Crippen MR) is 72.2 cm³/mol. The molecule has 0 bridgehead atoms. The van der Waals surface area contributed by atoms with Crippen LogP contribution in [0, 0.1) is 0 Å². The summed E-state index contributed by atoms with van der Waals surface area (Å²) >= 11 is 0. The number of aromatic nitrogens is 1. The van der Waals surface area contributed by atoms with Crippen LogP contribution in [0.25, 0.3) is 0 Å². The number of nitrogens with one attached hydrogen (secondary N) is 3. The Bertz CT molecular complexity index is 426. The van der Waals surface area contributed by atoms with Crippen molar-refractivity contribution in [1.82, 2.24) is 10.4 Å². The lowest BCUT2D eigenvalue weighted by Gasteiger charge is -2.26. The summed E-state index contributed by atoms with van der Waals surface area (Å²) in [4.78, 5) is 18.7. The van der Waals surface area contributed by atoms with Crippen molar-refractivity contribution in [1.29, 1.82) is 0 Å². The first kappa shape index (κ1) is 13.6. The van der Waals surface area contributed by atoms with Gasteiger partial charge in [0.15, 0.2) is 6.54 Å². The highest BCUT2D eigenvalue weighted by Gasteiger charge is 2.21. The van der Waals surface area contributed by atoms with Crippen molar-refractivity contribution >= 4 is 12.1 Å². The fraction of sp³-hybridized carbons (Fsp3) is 0.462. The standard InChI is InChI=1S/C13H19N5O/c1-17-6-8-18(9-7-17)11-13(19)16-15-10-12-4-2-3-5-14-12/h2-5,10H,6-9,11H2,1H3,(H,16,19)/p+2/b15-10+. The van der Waals surface area contributed by atoms with Crippen LogP contribution in [-0.2, 0) is 4.79 Å². The van der Waals surface area contributed by atoms with Gasteiger partial charge in [-0.3, -0.25) is 9.78 Å². The molecule has 0 aliphatic carbocycles. The summed E-state index contributed by atoms with van der Waals surface area (Å²) in [6.45, 7) is 4.83. The molecule has 19 heavy (non-hydrogen) atoms. The molecule has 2 heterocycles. The monoisotopic (exact) mass is 263 g/mol. The Kier molecular flexibility index (Phi) is 5.00. The molecule has 0 unspecified atom stereocenters. The van der Waals surface area contributed by atoms with E-state index in [-0.39, 0.29) is 5.91 Å². The van der Waals surface area contributed by atoms with Gasteiger partial charge < -0.3 is 9.80 Å². The quantitative estimate of drug-likeness (QED) is 0.399. The first-order chi connectivity index (χ1) is 9.24. The lowest BCUT2D eigenvalue weighted by molar-refractivity contribution is -1.000. The lowest BCUT2D eigenvalue weighted by Crippen LogP contribution is -3.27. The van der Waals surface area contributed by atoms with Gasteiger partial charge in [0, 0.05) is 6.20 Å². The lowest BCUT2D eigenvalue weighted by atomic mass is 10.3. The third-order valence-corrected chi connectivity index (χ3v) is 3.30. The Morgan fingerprint density at radius 3 is 2.89 bits per heavy atom. The second kappa shape index (κ2) is 6.96. The fourth-order valence-electron chi connectivity index (χ4n) is 2.10. The molecular formula is C13H21N5O+2. The Hall–Kier alpha value is -1.79. The molecule has 1 saturated heterocycles. The minimum absolute atomic E-state index is 0.0401. The van der Waals surface area contributed by atoms with Crippen LogP contribution in [0.2, 0.25) is 0 Å². The van der Waals surface area contributed by atoms with Gasteiger partial charge in [-0.15, -0.1) is 0 Å². The molecule has 0 spiro atoms. The van der Waals surface area contributed by atoms with Crippen LogP contribution >= 0.6 is 0 Å². The number of hydrazone groups is 1. The van der Waals surface area contributed by atoms with E-state index in [0.29, 0.717) is 6.54 Å². The topological polar surface area (TPSA) is 63.2 Å². The molecule has 6 heteroatoms. The molecule has 1 aliphatic heterocycles. The second-order valence-electron chi connectivity index (χ2n) is 4.93. The van der Waals surface area contributed by atoms with Crippen molar-refractivity contribution in [2.24, 2.45) is 5.10 Å². The molecule has 0 radical (unpaired) electrons. The van der Waals surface area contributed by atoms with Crippen LogP contribution in [0.4, 0.5) is 0 Å². The summed E-state index contributed by atoms with van der Waals surface area (Å²) in [5.41, 5.74) is 3.29. The number of pyridine rings is 1. The van der Waals surface area contributed by atoms with Crippen LogP contribution in [0.5, 0.6) is 0 Å². The van der Waals surface area contributed by atoms with E-state index in [4.69, 9.17) is 0 Å². The number of piperazine rings is 1. The molecule has 3 N–H and O–H groups in total. The zero-order valence-electron chi connectivity index (χ0n) is 11.2. The number of carbonyl (C=O) groups is 1. The summed E-state index contributed by atoms with van der Waals surface area (Å²) in [5.74, 6) is -0.0401. The number of hydrogen-bond acceptors (Lipinski definition) is 3. The van der Waals surface area contributed by atoms with Gasteiger partial charge in [0.25, 0.3) is 5.91 Å². The smallest absolute Gasteiger partial charge is 0.295 e. The van der Waals surface area contributed by atoms with Gasteiger partial charge in [0.05, 0.1) is 19.0 Å². The highest BCUT2D eigenvalue weighted by atomic mass is 16.2. The molecule has 0 atom stereocenters. The van der Waals surface area contributed by atoms with Crippen molar-refractivity contribution in [2.75, 3.05) is 39.8 Å². The van der Waals surface area contributed by atoms with E-state index < -0.39 is 0 Å². The zero-order chi connectivity index (χ0) is 13.5. The number of rotatable bonds is 4. The summed E-state index contributed by atoms with van der Waals surface area (Å²) in [7, 11) is 2.19. The van der Waals surface area contributed by atoms with E-state index in [9.17, 15) is 4.79 Å². The van der Waals surface area contributed by atoms with Crippen LogP contribution in [0.1, 0.15) is 5.69 Å². The predicted octanol–water partition coefficient (Wildman–Crippen LogP) is -3.06. The third kappa shape index (κ3) is 4.76. The summed E-state index contributed by atoms with van der Waals surface area (Å²) in [5, 5.41) is 3.92. The van der Waals surface area contributed by atoms with Crippen LogP contribution in [0.15, 0.2) is 29.5 Å². The average molecular weight is 263 g/mol. The number of likely N-dealkylation sites (N-methyl/N-ethyl adjacent to an activating group) is 1. The Morgan fingerprint density at radius 1 is 1.42 bits per heavy atom. The van der Waals surface area contributed by atoms with Gasteiger partial charge in [-0.2, -0.15) is 5.10 Å². The number of nitrogens with zero attached hydrogens (tertiary/aromatic N) is 2. The molecule has 0 aromatic carbocycles. The zero-order valence-corrected chi connectivity index (χ0v) is 11.2. The van der Waals surface area contributed by atoms with E-state index in [1.54, 1.807) is 12.4 Å². The van der Waals surface area contributed by atoms with Crippen molar-refractivity contribution < 1.29 is 14.6 Å². The average Bonchev–Trinajstić information content (AvgIpc) is 2.43. The summed E-state index contributed by atoms with van der Waals surface area (Å²) in [6.07, 6.45) is 3.25. The minimum atomic E-state index is -0.0401. The van der Waals surface area contributed by atoms with E-state index in [1.807, 2.05) is 18.2 Å². The highest BCUT2D eigenvalue weighted by molar-refractivity contribution is 5.81. The number of hydrogen-bond donors (Lipinski definition) is 3. The van der Waals surface area contributed by atoms with Crippen molar-refractivity contribution in [2.45, 2.75) is 0 Å². The van der Waals surface area contributed by atoms with E-state index in [0.717, 1.165) is 31.9 Å². The molecule has 1 aromatic rings. The van der Waals surface area contributed by atoms with Crippen LogP contribution in [-0.4, -0.2) is 56.9 Å². The molecule has 102 valence electrons. The maximum atomic E-state index is 11.7. The van der Waals surface area contributed by atoms with Crippen LogP contribution < -0.4 is 15.2 Å². The largest absolute Gasteiger partial charge is 0.328 e. The molecule has 1 aliphatic rings. The summed E-state index contributed by atoms with van der Waals surface area (Å²) in [6, 6.07) is 5.56. The minimum Gasteiger partial charge on any atom is -0.328 e. The van der Waals surface area contributed by atoms with Crippen molar-refractivity contribution in [3.8, 4) is 0 Å². The van der Waals surface area contributed by atoms with Crippen molar-refractivity contribution in [3.63, 3.8) is 0 Å². The number of quaternary nitrogens is 2. The molecule has 1 amide bonds. The van der Waals surface area contributed by atoms with Gasteiger partial charge in [-0.05, 0) is 12.1 Å². The number of amides is 1. The van der Waals surface area contributed by atoms with Crippen LogP contribution in [0.3, 0.4) is 0 Å². The number of carbonyl (C=O) groups excluding carboxylic acids is 1. The molecule has 1 aromatic heterocycles. The first-order valence-corrected chi connectivity index (χ1v) is 6.62. The van der Waals surface area contributed by atoms with Gasteiger partial charge in [-0.25, -0.2) is 5.43 Å². The van der Waals surface area contributed by atoms with E-state index in [2.05, 4.69) is 22.6 Å². The molecule has 6 nitrogen and oxygen atoms in total. The second-order valence-corrected chi connectivity index (χ2v) is 4.93. The first-order valence-electron chi connectivity index (χ1n) is 6.62. The summed E-state index contributed by atoms with van der Waals surface area (Å²) < 4.78 is 0. The van der Waals surface area contributed by atoms with E-state index in [1.165, 1.54) is 9.80 Å². The molecule has 0 saturated carbocycles. The Balaban J connectivity index is 1.71. The maximum absolute atomic E-state index is 11.7. The van der Waals surface area contributed by atoms with Crippen molar-refractivity contribution in [3.05, 3.63) is 30.1 Å². The molecule has 1 fully saturated rings. The SMILES string of the molecule is C[NH+]1CC[NH+](CC(=O)N/N=C/c2ccccn2)CC1. The Morgan fingerprint density at radius 2 is 2.21 bits per heavy atom. The normalized spacial score (nSPS) is 23.4. The molecule has 2 rings (SSSR count).